The maximum atomic E-state index is 14.5. The molecule has 6 nitrogen and oxygen atoms in total. The Labute approximate surface area is 212 Å². The highest BCUT2D eigenvalue weighted by atomic mass is 19.1. The molecule has 192 valence electrons. The van der Waals surface area contributed by atoms with E-state index in [4.69, 9.17) is 4.74 Å². The quantitative estimate of drug-likeness (QED) is 0.641. The van der Waals surface area contributed by atoms with E-state index >= 15 is 0 Å². The summed E-state index contributed by atoms with van der Waals surface area (Å²) in [4.78, 5) is 29.8. The molecule has 7 heteroatoms. The lowest BCUT2D eigenvalue weighted by molar-refractivity contribution is -0.134. The molecule has 5 rings (SSSR count). The summed E-state index contributed by atoms with van der Waals surface area (Å²) in [5.41, 5.74) is 2.84. The molecular weight excluding hydrogens is 457 g/mol. The Morgan fingerprint density at radius 3 is 2.61 bits per heavy atom. The van der Waals surface area contributed by atoms with Gasteiger partial charge in [-0.05, 0) is 73.4 Å². The van der Waals surface area contributed by atoms with Crippen molar-refractivity contribution >= 4 is 11.8 Å². The van der Waals surface area contributed by atoms with Crippen molar-refractivity contribution < 1.29 is 18.7 Å². The highest BCUT2D eigenvalue weighted by molar-refractivity contribution is 5.80. The lowest BCUT2D eigenvalue weighted by atomic mass is 9.84. The van der Waals surface area contributed by atoms with Crippen molar-refractivity contribution in [2.45, 2.75) is 62.9 Å². The van der Waals surface area contributed by atoms with Crippen LogP contribution in [0.2, 0.25) is 0 Å². The van der Waals surface area contributed by atoms with E-state index in [1.165, 1.54) is 23.6 Å². The van der Waals surface area contributed by atoms with Gasteiger partial charge in [-0.3, -0.25) is 14.5 Å². The molecule has 3 aliphatic rings. The number of fused-ring (bicyclic) bond motifs is 1. The summed E-state index contributed by atoms with van der Waals surface area (Å²) in [6, 6.07) is 14.0. The SMILES string of the molecule is COc1ccc(F)c(C[C@@]2(CCC(=O)N3CCN([C@@H]4CCc5ccccc5C4)CC3)CCC(=O)N2)c1. The molecule has 2 aromatic rings. The van der Waals surface area contributed by atoms with Gasteiger partial charge in [0.15, 0.2) is 0 Å². The number of rotatable bonds is 7. The van der Waals surface area contributed by atoms with Gasteiger partial charge >= 0.3 is 0 Å². The second-order valence-corrected chi connectivity index (χ2v) is 10.5. The number of piperazine rings is 1. The van der Waals surface area contributed by atoms with Crippen LogP contribution in [0.25, 0.3) is 0 Å². The fraction of sp³-hybridized carbons (Fsp3) is 0.517. The van der Waals surface area contributed by atoms with Crippen molar-refractivity contribution in [2.75, 3.05) is 33.3 Å². The molecule has 2 atom stereocenters. The van der Waals surface area contributed by atoms with Crippen LogP contribution >= 0.6 is 0 Å². The van der Waals surface area contributed by atoms with Gasteiger partial charge in [-0.15, -0.1) is 0 Å². The number of carbonyl (C=O) groups is 2. The maximum Gasteiger partial charge on any atom is 0.222 e. The minimum atomic E-state index is -0.600. The molecule has 0 radical (unpaired) electrons. The van der Waals surface area contributed by atoms with Gasteiger partial charge < -0.3 is 15.0 Å². The molecule has 2 heterocycles. The van der Waals surface area contributed by atoms with E-state index in [1.807, 2.05) is 4.90 Å². The molecule has 0 spiro atoms. The van der Waals surface area contributed by atoms with Crippen LogP contribution in [0.4, 0.5) is 4.39 Å². The topological polar surface area (TPSA) is 61.9 Å². The van der Waals surface area contributed by atoms with Crippen LogP contribution in [0.5, 0.6) is 5.75 Å². The van der Waals surface area contributed by atoms with Gasteiger partial charge in [0, 0.05) is 50.6 Å². The summed E-state index contributed by atoms with van der Waals surface area (Å²) in [6.45, 7) is 3.27. The number of nitrogens with one attached hydrogen (secondary N) is 1. The summed E-state index contributed by atoms with van der Waals surface area (Å²) in [5, 5.41) is 3.07. The predicted molar refractivity (Wildman–Crippen MR) is 136 cm³/mol. The number of aryl methyl sites for hydroxylation is 1. The Kier molecular flexibility index (Phi) is 7.28. The van der Waals surface area contributed by atoms with Gasteiger partial charge in [-0.1, -0.05) is 24.3 Å². The van der Waals surface area contributed by atoms with Crippen LogP contribution in [0.3, 0.4) is 0 Å². The molecule has 2 aliphatic heterocycles. The standard InChI is InChI=1S/C29H36FN3O3/c1-36-25-8-9-26(30)23(19-25)20-29(12-10-27(34)31-29)13-11-28(35)33-16-14-32(15-17-33)24-7-6-21-4-2-3-5-22(21)18-24/h2-5,8-9,19,24H,6-7,10-18,20H2,1H3,(H,31,34)/t24-,29+/m1/s1. The number of ether oxygens (including phenoxy) is 1. The van der Waals surface area contributed by atoms with Crippen LogP contribution in [0.1, 0.15) is 48.8 Å². The average molecular weight is 494 g/mol. The minimum absolute atomic E-state index is 0.0339. The minimum Gasteiger partial charge on any atom is -0.497 e. The fourth-order valence-corrected chi connectivity index (χ4v) is 6.19. The highest BCUT2D eigenvalue weighted by Crippen LogP contribution is 2.32. The molecule has 1 N–H and O–H groups in total. The van der Waals surface area contributed by atoms with Crippen molar-refractivity contribution in [3.05, 3.63) is 65.0 Å². The Morgan fingerprint density at radius 1 is 1.11 bits per heavy atom. The number of methoxy groups -OCH3 is 1. The summed E-state index contributed by atoms with van der Waals surface area (Å²) in [6.07, 6.45) is 5.61. The maximum absolute atomic E-state index is 14.5. The number of hydrogen-bond acceptors (Lipinski definition) is 4. The van der Waals surface area contributed by atoms with Gasteiger partial charge in [0.25, 0.3) is 0 Å². The lowest BCUT2D eigenvalue weighted by Gasteiger charge is -2.41. The van der Waals surface area contributed by atoms with Crippen LogP contribution in [-0.4, -0.2) is 66.5 Å². The predicted octanol–water partition coefficient (Wildman–Crippen LogP) is 3.51. The van der Waals surface area contributed by atoms with Gasteiger partial charge in [0.2, 0.25) is 11.8 Å². The molecule has 1 aliphatic carbocycles. The molecular formula is C29H36FN3O3. The van der Waals surface area contributed by atoms with Crippen molar-refractivity contribution in [2.24, 2.45) is 0 Å². The van der Waals surface area contributed by atoms with Crippen LogP contribution < -0.4 is 10.1 Å². The van der Waals surface area contributed by atoms with Gasteiger partial charge in [0.05, 0.1) is 7.11 Å². The summed E-state index contributed by atoms with van der Waals surface area (Å²) in [5.74, 6) is 0.356. The van der Waals surface area contributed by atoms with E-state index in [1.54, 1.807) is 19.2 Å². The third-order valence-electron chi connectivity index (χ3n) is 8.34. The molecule has 0 aromatic heterocycles. The Balaban J connectivity index is 1.16. The summed E-state index contributed by atoms with van der Waals surface area (Å²) >= 11 is 0. The first-order valence-electron chi connectivity index (χ1n) is 13.2. The molecule has 0 saturated carbocycles. The fourth-order valence-electron chi connectivity index (χ4n) is 6.19. The van der Waals surface area contributed by atoms with Crippen molar-refractivity contribution in [3.63, 3.8) is 0 Å². The van der Waals surface area contributed by atoms with Crippen LogP contribution in [-0.2, 0) is 28.9 Å². The normalized spacial score (nSPS) is 24.3. The average Bonchev–Trinajstić information content (AvgIpc) is 3.28. The van der Waals surface area contributed by atoms with E-state index in [-0.39, 0.29) is 17.6 Å². The van der Waals surface area contributed by atoms with Gasteiger partial charge in [0.1, 0.15) is 11.6 Å². The second kappa shape index (κ2) is 10.6. The molecule has 2 amide bonds. The number of carbonyl (C=O) groups excluding carboxylic acids is 2. The zero-order valence-electron chi connectivity index (χ0n) is 21.1. The number of nitrogens with zero attached hydrogens (tertiary/aromatic N) is 2. The third kappa shape index (κ3) is 5.41. The van der Waals surface area contributed by atoms with Gasteiger partial charge in [-0.2, -0.15) is 0 Å². The zero-order chi connectivity index (χ0) is 25.1. The highest BCUT2D eigenvalue weighted by Gasteiger charge is 2.39. The number of hydrogen-bond donors (Lipinski definition) is 1. The molecule has 2 saturated heterocycles. The zero-order valence-corrected chi connectivity index (χ0v) is 21.1. The smallest absolute Gasteiger partial charge is 0.222 e. The Morgan fingerprint density at radius 2 is 1.89 bits per heavy atom. The first-order valence-corrected chi connectivity index (χ1v) is 13.2. The summed E-state index contributed by atoms with van der Waals surface area (Å²) in [7, 11) is 1.55. The molecule has 36 heavy (non-hydrogen) atoms. The van der Waals surface area contributed by atoms with Crippen LogP contribution in [0.15, 0.2) is 42.5 Å². The number of halogens is 1. The molecule has 0 bridgehead atoms. The van der Waals surface area contributed by atoms with E-state index in [2.05, 4.69) is 34.5 Å². The second-order valence-electron chi connectivity index (χ2n) is 10.5. The van der Waals surface area contributed by atoms with E-state index in [9.17, 15) is 14.0 Å². The van der Waals surface area contributed by atoms with E-state index in [0.29, 0.717) is 49.5 Å². The Bertz CT molecular complexity index is 1110. The molecule has 2 aromatic carbocycles. The van der Waals surface area contributed by atoms with E-state index < -0.39 is 5.54 Å². The number of benzene rings is 2. The molecule has 0 unspecified atom stereocenters. The van der Waals surface area contributed by atoms with Crippen LogP contribution in [0, 0.1) is 5.82 Å². The first kappa shape index (κ1) is 24.8. The summed E-state index contributed by atoms with van der Waals surface area (Å²) < 4.78 is 19.8. The lowest BCUT2D eigenvalue weighted by Crippen LogP contribution is -2.53. The third-order valence-corrected chi connectivity index (χ3v) is 8.34. The van der Waals surface area contributed by atoms with Crippen molar-refractivity contribution in [1.29, 1.82) is 0 Å². The Hall–Kier alpha value is -2.93. The van der Waals surface area contributed by atoms with E-state index in [0.717, 1.165) is 39.0 Å². The first-order chi connectivity index (χ1) is 17.4. The largest absolute Gasteiger partial charge is 0.497 e. The monoisotopic (exact) mass is 493 g/mol. The number of amides is 2. The van der Waals surface area contributed by atoms with Crippen molar-refractivity contribution in [1.82, 2.24) is 15.1 Å². The molecule has 2 fully saturated rings. The van der Waals surface area contributed by atoms with Crippen molar-refractivity contribution in [3.8, 4) is 5.75 Å². The van der Waals surface area contributed by atoms with Gasteiger partial charge in [-0.25, -0.2) is 4.39 Å².